The largest absolute Gasteiger partial charge is 0.497 e. The standard InChI is InChI=1S/C16H18FNO3/c1-19-13-6-4-11(16(9-13)21-3)10-18-12-5-7-15(20-2)14(17)8-12/h4-9,18H,10H2,1-3H3. The van der Waals surface area contributed by atoms with E-state index < -0.39 is 5.82 Å². The Kier molecular flexibility index (Phi) is 4.87. The second kappa shape index (κ2) is 6.83. The summed E-state index contributed by atoms with van der Waals surface area (Å²) in [5, 5.41) is 3.15. The monoisotopic (exact) mass is 291 g/mol. The van der Waals surface area contributed by atoms with Crippen molar-refractivity contribution in [1.82, 2.24) is 0 Å². The molecule has 0 heterocycles. The fourth-order valence-electron chi connectivity index (χ4n) is 1.97. The van der Waals surface area contributed by atoms with E-state index in [1.807, 2.05) is 18.2 Å². The summed E-state index contributed by atoms with van der Waals surface area (Å²) in [7, 11) is 4.64. The summed E-state index contributed by atoms with van der Waals surface area (Å²) in [6.45, 7) is 0.513. The molecule has 0 unspecified atom stereocenters. The first-order chi connectivity index (χ1) is 10.2. The third-order valence-corrected chi connectivity index (χ3v) is 3.13. The minimum Gasteiger partial charge on any atom is -0.497 e. The fourth-order valence-corrected chi connectivity index (χ4v) is 1.97. The minimum atomic E-state index is -0.399. The highest BCUT2D eigenvalue weighted by Crippen LogP contribution is 2.26. The number of nitrogens with one attached hydrogen (secondary N) is 1. The molecule has 0 bridgehead atoms. The van der Waals surface area contributed by atoms with Gasteiger partial charge in [-0.15, -0.1) is 0 Å². The Morgan fingerprint density at radius 3 is 2.29 bits per heavy atom. The lowest BCUT2D eigenvalue weighted by molar-refractivity contribution is 0.386. The molecule has 5 heteroatoms. The van der Waals surface area contributed by atoms with Crippen LogP contribution in [0.2, 0.25) is 0 Å². The van der Waals surface area contributed by atoms with Crippen molar-refractivity contribution >= 4 is 5.69 Å². The molecule has 0 saturated heterocycles. The van der Waals surface area contributed by atoms with Gasteiger partial charge in [0.15, 0.2) is 11.6 Å². The van der Waals surface area contributed by atoms with Gasteiger partial charge in [0.2, 0.25) is 0 Å². The topological polar surface area (TPSA) is 39.7 Å². The van der Waals surface area contributed by atoms with E-state index in [-0.39, 0.29) is 5.75 Å². The second-order valence-corrected chi connectivity index (χ2v) is 4.38. The summed E-state index contributed by atoms with van der Waals surface area (Å²) in [5.41, 5.74) is 1.63. The zero-order chi connectivity index (χ0) is 15.2. The molecule has 112 valence electrons. The molecule has 2 aromatic rings. The van der Waals surface area contributed by atoms with Crippen molar-refractivity contribution < 1.29 is 18.6 Å². The zero-order valence-electron chi connectivity index (χ0n) is 12.3. The number of anilines is 1. The number of ether oxygens (including phenoxy) is 3. The first kappa shape index (κ1) is 15.0. The van der Waals surface area contributed by atoms with Gasteiger partial charge in [-0.3, -0.25) is 0 Å². The van der Waals surface area contributed by atoms with Crippen LogP contribution in [-0.2, 0) is 6.54 Å². The molecule has 0 aliphatic rings. The van der Waals surface area contributed by atoms with Crippen molar-refractivity contribution in [3.05, 3.63) is 47.8 Å². The lowest BCUT2D eigenvalue weighted by Crippen LogP contribution is -2.02. The summed E-state index contributed by atoms with van der Waals surface area (Å²) < 4.78 is 29.0. The highest BCUT2D eigenvalue weighted by molar-refractivity contribution is 5.49. The van der Waals surface area contributed by atoms with Gasteiger partial charge in [0.1, 0.15) is 11.5 Å². The third kappa shape index (κ3) is 3.56. The number of benzene rings is 2. The zero-order valence-corrected chi connectivity index (χ0v) is 12.3. The number of methoxy groups -OCH3 is 3. The van der Waals surface area contributed by atoms with Gasteiger partial charge in [-0.2, -0.15) is 0 Å². The number of hydrogen-bond donors (Lipinski definition) is 1. The van der Waals surface area contributed by atoms with Crippen LogP contribution in [0.4, 0.5) is 10.1 Å². The Hall–Kier alpha value is -2.43. The van der Waals surface area contributed by atoms with Crippen LogP contribution in [0.15, 0.2) is 36.4 Å². The smallest absolute Gasteiger partial charge is 0.167 e. The van der Waals surface area contributed by atoms with E-state index in [0.29, 0.717) is 12.2 Å². The summed E-state index contributed by atoms with van der Waals surface area (Å²) >= 11 is 0. The van der Waals surface area contributed by atoms with Crippen molar-refractivity contribution in [2.45, 2.75) is 6.54 Å². The Labute approximate surface area is 123 Å². The molecule has 0 spiro atoms. The Morgan fingerprint density at radius 2 is 1.67 bits per heavy atom. The van der Waals surface area contributed by atoms with Gasteiger partial charge in [-0.05, 0) is 24.3 Å². The van der Waals surface area contributed by atoms with Crippen LogP contribution in [0.5, 0.6) is 17.2 Å². The molecule has 21 heavy (non-hydrogen) atoms. The van der Waals surface area contributed by atoms with E-state index in [1.165, 1.54) is 13.2 Å². The van der Waals surface area contributed by atoms with E-state index >= 15 is 0 Å². The third-order valence-electron chi connectivity index (χ3n) is 3.13. The molecule has 2 rings (SSSR count). The normalized spacial score (nSPS) is 10.1. The van der Waals surface area contributed by atoms with Crippen LogP contribution in [0.3, 0.4) is 0 Å². The van der Waals surface area contributed by atoms with Gasteiger partial charge in [0.05, 0.1) is 21.3 Å². The SMILES string of the molecule is COc1ccc(CNc2ccc(OC)c(F)c2)c(OC)c1. The van der Waals surface area contributed by atoms with Crippen molar-refractivity contribution in [3.63, 3.8) is 0 Å². The van der Waals surface area contributed by atoms with Gasteiger partial charge in [-0.25, -0.2) is 4.39 Å². The van der Waals surface area contributed by atoms with Gasteiger partial charge < -0.3 is 19.5 Å². The highest BCUT2D eigenvalue weighted by atomic mass is 19.1. The number of halogens is 1. The van der Waals surface area contributed by atoms with Crippen LogP contribution in [-0.4, -0.2) is 21.3 Å². The van der Waals surface area contributed by atoms with E-state index in [9.17, 15) is 4.39 Å². The summed E-state index contributed by atoms with van der Waals surface area (Å²) in [4.78, 5) is 0. The predicted octanol–water partition coefficient (Wildman–Crippen LogP) is 3.46. The summed E-state index contributed by atoms with van der Waals surface area (Å²) in [6, 6.07) is 10.3. The van der Waals surface area contributed by atoms with Crippen molar-refractivity contribution in [2.75, 3.05) is 26.6 Å². The first-order valence-corrected chi connectivity index (χ1v) is 6.46. The van der Waals surface area contributed by atoms with Gasteiger partial charge in [0, 0.05) is 29.9 Å². The quantitative estimate of drug-likeness (QED) is 0.884. The van der Waals surface area contributed by atoms with Crippen molar-refractivity contribution in [2.24, 2.45) is 0 Å². The molecule has 0 radical (unpaired) electrons. The van der Waals surface area contributed by atoms with Crippen LogP contribution < -0.4 is 19.5 Å². The number of rotatable bonds is 6. The first-order valence-electron chi connectivity index (χ1n) is 6.46. The van der Waals surface area contributed by atoms with E-state index in [1.54, 1.807) is 26.4 Å². The fraction of sp³-hybridized carbons (Fsp3) is 0.250. The maximum atomic E-state index is 13.6. The van der Waals surface area contributed by atoms with Gasteiger partial charge >= 0.3 is 0 Å². The summed E-state index contributed by atoms with van der Waals surface area (Å²) in [6.07, 6.45) is 0. The van der Waals surface area contributed by atoms with E-state index in [4.69, 9.17) is 14.2 Å². The predicted molar refractivity (Wildman–Crippen MR) is 79.8 cm³/mol. The minimum absolute atomic E-state index is 0.225. The lowest BCUT2D eigenvalue weighted by Gasteiger charge is -2.12. The molecule has 0 aliphatic carbocycles. The Balaban J connectivity index is 2.10. The highest BCUT2D eigenvalue weighted by Gasteiger charge is 2.07. The van der Waals surface area contributed by atoms with Crippen LogP contribution in [0, 0.1) is 5.82 Å². The Bertz CT molecular complexity index is 616. The van der Waals surface area contributed by atoms with Crippen LogP contribution in [0.25, 0.3) is 0 Å². The average molecular weight is 291 g/mol. The lowest BCUT2D eigenvalue weighted by atomic mass is 10.2. The molecule has 1 N–H and O–H groups in total. The van der Waals surface area contributed by atoms with Crippen molar-refractivity contribution in [3.8, 4) is 17.2 Å². The van der Waals surface area contributed by atoms with Crippen LogP contribution in [0.1, 0.15) is 5.56 Å². The number of hydrogen-bond acceptors (Lipinski definition) is 4. The molecule has 0 amide bonds. The molecule has 2 aromatic carbocycles. The van der Waals surface area contributed by atoms with Gasteiger partial charge in [-0.1, -0.05) is 0 Å². The molecule has 0 saturated carbocycles. The Morgan fingerprint density at radius 1 is 0.905 bits per heavy atom. The average Bonchev–Trinajstić information content (AvgIpc) is 2.52. The molecule has 0 fully saturated rings. The molecule has 4 nitrogen and oxygen atoms in total. The summed E-state index contributed by atoms with van der Waals surface area (Å²) in [5.74, 6) is 1.27. The second-order valence-electron chi connectivity index (χ2n) is 4.38. The van der Waals surface area contributed by atoms with Crippen molar-refractivity contribution in [1.29, 1.82) is 0 Å². The maximum Gasteiger partial charge on any atom is 0.167 e. The maximum absolute atomic E-state index is 13.6. The van der Waals surface area contributed by atoms with Crippen LogP contribution >= 0.6 is 0 Å². The molecule has 0 aromatic heterocycles. The van der Waals surface area contributed by atoms with Gasteiger partial charge in [0.25, 0.3) is 0 Å². The van der Waals surface area contributed by atoms with E-state index in [0.717, 1.165) is 17.1 Å². The van der Waals surface area contributed by atoms with E-state index in [2.05, 4.69) is 5.32 Å². The molecular formula is C16H18FNO3. The molecule has 0 atom stereocenters. The molecule has 0 aliphatic heterocycles. The molecular weight excluding hydrogens is 273 g/mol.